The highest BCUT2D eigenvalue weighted by atomic mass is 19.1. The second-order valence-electron chi connectivity index (χ2n) is 4.25. The molecule has 1 radical (unpaired) electrons. The van der Waals surface area contributed by atoms with E-state index in [-0.39, 0.29) is 11.6 Å². The molecule has 1 atom stereocenters. The second-order valence-corrected chi connectivity index (χ2v) is 4.25. The van der Waals surface area contributed by atoms with E-state index in [0.717, 1.165) is 0 Å². The van der Waals surface area contributed by atoms with Gasteiger partial charge in [-0.2, -0.15) is 5.10 Å². The quantitative estimate of drug-likeness (QED) is 0.802. The number of benzene rings is 1. The van der Waals surface area contributed by atoms with Crippen LogP contribution in [0.1, 0.15) is 37.1 Å². The molecular weight excluding hydrogens is 219 g/mol. The third kappa shape index (κ3) is 2.36. The molecule has 0 bridgehead atoms. The van der Waals surface area contributed by atoms with Gasteiger partial charge in [0.25, 0.3) is 0 Å². The molecule has 1 aromatic carbocycles. The first-order valence-electron chi connectivity index (χ1n) is 5.54. The number of hydrogen-bond acceptors (Lipinski definition) is 1. The van der Waals surface area contributed by atoms with Crippen LogP contribution >= 0.6 is 0 Å². The normalized spacial score (nSPS) is 13.0. The number of rotatable bonds is 3. The van der Waals surface area contributed by atoms with Crippen molar-refractivity contribution < 1.29 is 9.50 Å². The van der Waals surface area contributed by atoms with Crippen molar-refractivity contribution in [3.63, 3.8) is 0 Å². The summed E-state index contributed by atoms with van der Waals surface area (Å²) in [5.74, 6) is -0.468. The molecule has 3 nitrogen and oxygen atoms in total. The molecule has 0 fully saturated rings. The minimum atomic E-state index is -1.22. The summed E-state index contributed by atoms with van der Waals surface area (Å²) in [6, 6.07) is 6.24. The number of nitrogens with zero attached hydrogens (tertiary/aromatic N) is 2. The Hall–Kier alpha value is -1.68. The zero-order valence-corrected chi connectivity index (χ0v) is 9.80. The number of halogens is 1. The molecule has 17 heavy (non-hydrogen) atoms. The summed E-state index contributed by atoms with van der Waals surface area (Å²) in [5, 5.41) is 16.2. The van der Waals surface area contributed by atoms with Gasteiger partial charge in [0.2, 0.25) is 0 Å². The fourth-order valence-corrected chi connectivity index (χ4v) is 1.64. The average Bonchev–Trinajstić information content (AvgIpc) is 2.78. The highest BCUT2D eigenvalue weighted by molar-refractivity contribution is 5.28. The lowest BCUT2D eigenvalue weighted by atomic mass is 10.0. The molecule has 0 aliphatic rings. The van der Waals surface area contributed by atoms with Crippen LogP contribution < -0.4 is 0 Å². The maximum Gasteiger partial charge on any atom is 0.149 e. The highest BCUT2D eigenvalue weighted by Gasteiger charge is 2.18. The Morgan fingerprint density at radius 2 is 2.00 bits per heavy atom. The predicted octanol–water partition coefficient (Wildman–Crippen LogP) is 3.12. The van der Waals surface area contributed by atoms with E-state index in [1.54, 1.807) is 23.0 Å². The average molecular weight is 233 g/mol. The Morgan fingerprint density at radius 3 is 2.59 bits per heavy atom. The van der Waals surface area contributed by atoms with Crippen LogP contribution in [0.4, 0.5) is 4.39 Å². The number of aromatic nitrogens is 2. The van der Waals surface area contributed by atoms with Crippen molar-refractivity contribution in [3.8, 4) is 0 Å². The van der Waals surface area contributed by atoms with Crippen molar-refractivity contribution in [1.82, 2.24) is 9.78 Å². The lowest BCUT2D eigenvalue weighted by Gasteiger charge is -2.07. The smallest absolute Gasteiger partial charge is 0.149 e. The van der Waals surface area contributed by atoms with Crippen LogP contribution in [0, 0.1) is 5.82 Å². The molecule has 0 N–H and O–H groups in total. The van der Waals surface area contributed by atoms with Crippen LogP contribution in [0.15, 0.2) is 36.7 Å². The Labute approximate surface area is 99.5 Å². The van der Waals surface area contributed by atoms with Crippen molar-refractivity contribution in [3.05, 3.63) is 53.6 Å². The van der Waals surface area contributed by atoms with E-state index < -0.39 is 11.9 Å². The van der Waals surface area contributed by atoms with Crippen molar-refractivity contribution in [2.75, 3.05) is 0 Å². The molecule has 0 aliphatic carbocycles. The van der Waals surface area contributed by atoms with E-state index in [0.29, 0.717) is 5.56 Å². The molecule has 1 aromatic heterocycles. The zero-order chi connectivity index (χ0) is 12.4. The summed E-state index contributed by atoms with van der Waals surface area (Å²) in [4.78, 5) is 0. The van der Waals surface area contributed by atoms with Crippen LogP contribution in [0.2, 0.25) is 0 Å². The van der Waals surface area contributed by atoms with Crippen LogP contribution in [-0.2, 0) is 5.11 Å². The lowest BCUT2D eigenvalue weighted by Crippen LogP contribution is -2.02. The van der Waals surface area contributed by atoms with Gasteiger partial charge in [-0.3, -0.25) is 4.68 Å². The van der Waals surface area contributed by atoms with Crippen molar-refractivity contribution in [1.29, 1.82) is 0 Å². The van der Waals surface area contributed by atoms with Gasteiger partial charge in [-0.1, -0.05) is 18.2 Å². The first-order valence-corrected chi connectivity index (χ1v) is 5.54. The minimum absolute atomic E-state index is 0.163. The summed E-state index contributed by atoms with van der Waals surface area (Å²) in [6.07, 6.45) is 1.96. The van der Waals surface area contributed by atoms with Gasteiger partial charge in [-0.15, -0.1) is 0 Å². The fourth-order valence-electron chi connectivity index (χ4n) is 1.64. The maximum absolute atomic E-state index is 13.5. The van der Waals surface area contributed by atoms with Crippen LogP contribution in [0.5, 0.6) is 0 Å². The molecule has 4 heteroatoms. The molecule has 1 unspecified atom stereocenters. The van der Waals surface area contributed by atoms with Crippen LogP contribution in [0.25, 0.3) is 0 Å². The molecule has 0 aliphatic heterocycles. The molecular formula is C13H14FN2O. The predicted molar refractivity (Wildman–Crippen MR) is 61.5 cm³/mol. The van der Waals surface area contributed by atoms with Gasteiger partial charge in [0.05, 0.1) is 6.20 Å². The van der Waals surface area contributed by atoms with Gasteiger partial charge in [-0.25, -0.2) is 9.50 Å². The lowest BCUT2D eigenvalue weighted by molar-refractivity contribution is 0.121. The van der Waals surface area contributed by atoms with E-state index in [1.807, 2.05) is 13.8 Å². The molecule has 89 valence electrons. The molecule has 0 saturated heterocycles. The molecule has 0 spiro atoms. The molecule has 2 rings (SSSR count). The Balaban J connectivity index is 2.31. The van der Waals surface area contributed by atoms with E-state index >= 15 is 0 Å². The van der Waals surface area contributed by atoms with Crippen molar-refractivity contribution in [2.45, 2.75) is 26.0 Å². The number of hydrogen-bond donors (Lipinski definition) is 0. The molecule has 1 heterocycles. The van der Waals surface area contributed by atoms with Gasteiger partial charge < -0.3 is 0 Å². The Morgan fingerprint density at radius 1 is 1.29 bits per heavy atom. The summed E-state index contributed by atoms with van der Waals surface area (Å²) in [6.45, 7) is 3.94. The monoisotopic (exact) mass is 233 g/mol. The van der Waals surface area contributed by atoms with E-state index in [4.69, 9.17) is 0 Å². The van der Waals surface area contributed by atoms with Crippen molar-refractivity contribution in [2.24, 2.45) is 0 Å². The van der Waals surface area contributed by atoms with E-state index in [2.05, 4.69) is 5.10 Å². The summed E-state index contributed by atoms with van der Waals surface area (Å²) < 4.78 is 15.2. The third-order valence-electron chi connectivity index (χ3n) is 2.64. The van der Waals surface area contributed by atoms with Crippen molar-refractivity contribution >= 4 is 0 Å². The fraction of sp³-hybridized carbons (Fsp3) is 0.308. The second kappa shape index (κ2) is 4.67. The van der Waals surface area contributed by atoms with Gasteiger partial charge in [0.1, 0.15) is 11.9 Å². The van der Waals surface area contributed by atoms with E-state index in [9.17, 15) is 9.50 Å². The Kier molecular flexibility index (Phi) is 3.24. The van der Waals surface area contributed by atoms with Crippen LogP contribution in [-0.4, -0.2) is 9.78 Å². The topological polar surface area (TPSA) is 37.7 Å². The summed E-state index contributed by atoms with van der Waals surface area (Å²) >= 11 is 0. The maximum atomic E-state index is 13.5. The first-order chi connectivity index (χ1) is 8.09. The van der Waals surface area contributed by atoms with Gasteiger partial charge in [0.15, 0.2) is 0 Å². The van der Waals surface area contributed by atoms with Gasteiger partial charge in [-0.05, 0) is 19.9 Å². The largest absolute Gasteiger partial charge is 0.270 e. The van der Waals surface area contributed by atoms with Crippen LogP contribution in [0.3, 0.4) is 0 Å². The minimum Gasteiger partial charge on any atom is -0.270 e. The summed E-state index contributed by atoms with van der Waals surface area (Å²) in [5.41, 5.74) is 0.652. The highest BCUT2D eigenvalue weighted by Crippen LogP contribution is 2.24. The Bertz CT molecular complexity index is 508. The molecule has 0 amide bonds. The molecule has 2 aromatic rings. The summed E-state index contributed by atoms with van der Waals surface area (Å²) in [7, 11) is 0. The van der Waals surface area contributed by atoms with Gasteiger partial charge in [0, 0.05) is 23.4 Å². The third-order valence-corrected chi connectivity index (χ3v) is 2.64. The zero-order valence-electron chi connectivity index (χ0n) is 9.80. The standard InChI is InChI=1S/C13H14FN2O/c1-9(2)16-8-10(7-15-16)13(17)11-5-3-4-6-12(11)14/h3-9,13H,1-2H3. The molecule has 0 saturated carbocycles. The van der Waals surface area contributed by atoms with E-state index in [1.165, 1.54) is 18.3 Å². The first kappa shape index (κ1) is 11.8. The van der Waals surface area contributed by atoms with Gasteiger partial charge >= 0.3 is 0 Å². The SMILES string of the molecule is CC(C)n1cc(C([O])c2ccccc2F)cn1.